The van der Waals surface area contributed by atoms with Crippen molar-refractivity contribution in [1.82, 2.24) is 10.2 Å². The third-order valence-electron chi connectivity index (χ3n) is 1.96. The van der Waals surface area contributed by atoms with Gasteiger partial charge >= 0.3 is 0 Å². The molecular weight excluding hydrogens is 176 g/mol. The van der Waals surface area contributed by atoms with E-state index in [0.29, 0.717) is 5.56 Å². The van der Waals surface area contributed by atoms with Gasteiger partial charge in [-0.25, -0.2) is 0 Å². The molecule has 2 aromatic rings. The number of carbonyl (C=O) groups excluding carboxylic acids is 1. The van der Waals surface area contributed by atoms with Crippen LogP contribution in [0, 0.1) is 0 Å². The second-order valence-electron chi connectivity index (χ2n) is 2.87. The maximum absolute atomic E-state index is 10.4. The summed E-state index contributed by atoms with van der Waals surface area (Å²) in [6, 6.07) is 9.22. The lowest BCUT2D eigenvalue weighted by atomic mass is 10.1. The van der Waals surface area contributed by atoms with Crippen molar-refractivity contribution in [3.05, 3.63) is 48.3 Å². The van der Waals surface area contributed by atoms with Gasteiger partial charge in [0.2, 0.25) is 0 Å². The van der Waals surface area contributed by atoms with E-state index < -0.39 is 0 Å². The van der Waals surface area contributed by atoms with Crippen LogP contribution in [0.5, 0.6) is 0 Å². The molecule has 0 saturated carbocycles. The van der Waals surface area contributed by atoms with E-state index in [-0.39, 0.29) is 0 Å². The molecule has 0 N–H and O–H groups in total. The fourth-order valence-corrected chi connectivity index (χ4v) is 1.22. The predicted octanol–water partition coefficient (Wildman–Crippen LogP) is 1.96. The highest BCUT2D eigenvalue weighted by Gasteiger charge is 1.96. The van der Waals surface area contributed by atoms with Gasteiger partial charge < -0.3 is 0 Å². The molecule has 68 valence electrons. The SMILES string of the molecule is O=Cc1ccc(-c2ccnnc2)cc1. The number of benzene rings is 1. The lowest BCUT2D eigenvalue weighted by Crippen LogP contribution is -1.83. The summed E-state index contributed by atoms with van der Waals surface area (Å²) in [7, 11) is 0. The van der Waals surface area contributed by atoms with Gasteiger partial charge in [0.05, 0.1) is 12.4 Å². The largest absolute Gasteiger partial charge is 0.298 e. The van der Waals surface area contributed by atoms with Crippen LogP contribution in [0.15, 0.2) is 42.7 Å². The van der Waals surface area contributed by atoms with Gasteiger partial charge in [0.1, 0.15) is 6.29 Å². The Labute approximate surface area is 81.4 Å². The van der Waals surface area contributed by atoms with Gasteiger partial charge in [-0.1, -0.05) is 24.3 Å². The monoisotopic (exact) mass is 184 g/mol. The Bertz CT molecular complexity index is 423. The second-order valence-corrected chi connectivity index (χ2v) is 2.87. The van der Waals surface area contributed by atoms with Gasteiger partial charge in [-0.15, -0.1) is 0 Å². The quantitative estimate of drug-likeness (QED) is 0.670. The predicted molar refractivity (Wildman–Crippen MR) is 52.9 cm³/mol. The molecule has 14 heavy (non-hydrogen) atoms. The molecule has 0 aliphatic rings. The fourth-order valence-electron chi connectivity index (χ4n) is 1.22. The highest BCUT2D eigenvalue weighted by atomic mass is 16.1. The standard InChI is InChI=1S/C11H8N2O/c14-8-9-1-3-10(4-2-9)11-5-6-12-13-7-11/h1-8H. The molecule has 2 rings (SSSR count). The van der Waals surface area contributed by atoms with E-state index in [0.717, 1.165) is 17.4 Å². The molecule has 3 nitrogen and oxygen atoms in total. The lowest BCUT2D eigenvalue weighted by Gasteiger charge is -1.99. The van der Waals surface area contributed by atoms with Crippen molar-refractivity contribution in [2.45, 2.75) is 0 Å². The number of aromatic nitrogens is 2. The summed E-state index contributed by atoms with van der Waals surface area (Å²) in [6.07, 6.45) is 4.16. The summed E-state index contributed by atoms with van der Waals surface area (Å²) >= 11 is 0. The van der Waals surface area contributed by atoms with Gasteiger partial charge in [-0.2, -0.15) is 10.2 Å². The van der Waals surface area contributed by atoms with Gasteiger partial charge in [-0.3, -0.25) is 4.79 Å². The molecule has 0 atom stereocenters. The van der Waals surface area contributed by atoms with Crippen LogP contribution in [0.4, 0.5) is 0 Å². The summed E-state index contributed by atoms with van der Waals surface area (Å²) in [6.45, 7) is 0. The van der Waals surface area contributed by atoms with E-state index >= 15 is 0 Å². The number of hydrogen-bond acceptors (Lipinski definition) is 3. The van der Waals surface area contributed by atoms with Crippen LogP contribution >= 0.6 is 0 Å². The zero-order valence-electron chi connectivity index (χ0n) is 7.42. The summed E-state index contributed by atoms with van der Waals surface area (Å²) in [5, 5.41) is 7.48. The number of nitrogens with zero attached hydrogens (tertiary/aromatic N) is 2. The van der Waals surface area contributed by atoms with Gasteiger partial charge in [0, 0.05) is 11.1 Å². The number of hydrogen-bond donors (Lipinski definition) is 0. The first kappa shape index (κ1) is 8.56. The summed E-state index contributed by atoms with van der Waals surface area (Å²) in [5.41, 5.74) is 2.71. The number of carbonyl (C=O) groups is 1. The first-order chi connectivity index (χ1) is 6.90. The van der Waals surface area contributed by atoms with Crippen LogP contribution < -0.4 is 0 Å². The Kier molecular flexibility index (Phi) is 2.32. The topological polar surface area (TPSA) is 42.9 Å². The van der Waals surface area contributed by atoms with Crippen LogP contribution in [-0.2, 0) is 0 Å². The van der Waals surface area contributed by atoms with Crippen LogP contribution in [0.25, 0.3) is 11.1 Å². The molecule has 0 radical (unpaired) electrons. The minimum atomic E-state index is 0.677. The molecule has 0 spiro atoms. The van der Waals surface area contributed by atoms with Gasteiger partial charge in [0.15, 0.2) is 0 Å². The molecule has 0 aliphatic carbocycles. The fraction of sp³-hybridized carbons (Fsp3) is 0. The second kappa shape index (κ2) is 3.79. The van der Waals surface area contributed by atoms with Crippen molar-refractivity contribution in [2.24, 2.45) is 0 Å². The lowest BCUT2D eigenvalue weighted by molar-refractivity contribution is 0.112. The highest BCUT2D eigenvalue weighted by Crippen LogP contribution is 2.17. The number of rotatable bonds is 2. The van der Waals surface area contributed by atoms with Gasteiger partial charge in [0.25, 0.3) is 0 Å². The molecule has 0 amide bonds. The van der Waals surface area contributed by atoms with Gasteiger partial charge in [-0.05, 0) is 11.6 Å². The van der Waals surface area contributed by atoms with Crippen LogP contribution in [0.3, 0.4) is 0 Å². The van der Waals surface area contributed by atoms with E-state index in [2.05, 4.69) is 10.2 Å². The first-order valence-corrected chi connectivity index (χ1v) is 4.22. The third-order valence-corrected chi connectivity index (χ3v) is 1.96. The zero-order valence-corrected chi connectivity index (χ0v) is 7.42. The Hall–Kier alpha value is -2.03. The average molecular weight is 184 g/mol. The van der Waals surface area contributed by atoms with Crippen LogP contribution in [0.2, 0.25) is 0 Å². The Morgan fingerprint density at radius 3 is 2.29 bits per heavy atom. The minimum absolute atomic E-state index is 0.677. The molecule has 0 aliphatic heterocycles. The van der Waals surface area contributed by atoms with E-state index in [1.165, 1.54) is 0 Å². The normalized spacial score (nSPS) is 9.71. The molecule has 0 fully saturated rings. The van der Waals surface area contributed by atoms with E-state index in [4.69, 9.17) is 0 Å². The molecule has 0 unspecified atom stereocenters. The van der Waals surface area contributed by atoms with Crippen molar-refractivity contribution < 1.29 is 4.79 Å². The molecule has 1 heterocycles. The zero-order chi connectivity index (χ0) is 9.80. The summed E-state index contributed by atoms with van der Waals surface area (Å²) < 4.78 is 0. The highest BCUT2D eigenvalue weighted by molar-refractivity contribution is 5.76. The van der Waals surface area contributed by atoms with Crippen molar-refractivity contribution in [3.8, 4) is 11.1 Å². The van der Waals surface area contributed by atoms with Crippen molar-refractivity contribution in [2.75, 3.05) is 0 Å². The maximum Gasteiger partial charge on any atom is 0.150 e. The van der Waals surface area contributed by atoms with E-state index in [1.54, 1.807) is 24.5 Å². The Morgan fingerprint density at radius 1 is 0.929 bits per heavy atom. The van der Waals surface area contributed by atoms with Crippen molar-refractivity contribution >= 4 is 6.29 Å². The van der Waals surface area contributed by atoms with E-state index in [1.807, 2.05) is 18.2 Å². The minimum Gasteiger partial charge on any atom is -0.298 e. The first-order valence-electron chi connectivity index (χ1n) is 4.22. The molecule has 0 saturated heterocycles. The van der Waals surface area contributed by atoms with Crippen molar-refractivity contribution in [1.29, 1.82) is 0 Å². The molecule has 1 aromatic heterocycles. The summed E-state index contributed by atoms with van der Waals surface area (Å²) in [4.78, 5) is 10.4. The van der Waals surface area contributed by atoms with Crippen molar-refractivity contribution in [3.63, 3.8) is 0 Å². The molecule has 1 aromatic carbocycles. The molecule has 0 bridgehead atoms. The maximum atomic E-state index is 10.4. The van der Waals surface area contributed by atoms with Crippen LogP contribution in [-0.4, -0.2) is 16.5 Å². The Morgan fingerprint density at radius 2 is 1.71 bits per heavy atom. The van der Waals surface area contributed by atoms with E-state index in [9.17, 15) is 4.79 Å². The Balaban J connectivity index is 2.39. The smallest absolute Gasteiger partial charge is 0.150 e. The average Bonchev–Trinajstić information content (AvgIpc) is 2.30. The number of aldehydes is 1. The van der Waals surface area contributed by atoms with Crippen LogP contribution in [0.1, 0.15) is 10.4 Å². The molecule has 3 heteroatoms. The summed E-state index contributed by atoms with van der Waals surface area (Å²) in [5.74, 6) is 0. The molecular formula is C11H8N2O. The third kappa shape index (κ3) is 1.66.